The first kappa shape index (κ1) is 10.6. The zero-order chi connectivity index (χ0) is 11.5. The number of rotatable bonds is 1. The van der Waals surface area contributed by atoms with Crippen LogP contribution in [-0.2, 0) is 24.1 Å². The molecule has 1 aliphatic heterocycles. The minimum absolute atomic E-state index is 0.180. The molecule has 0 aromatic rings. The second kappa shape index (κ2) is 4.28. The molecule has 16 heavy (non-hydrogen) atoms. The average molecular weight is 223 g/mol. The van der Waals surface area contributed by atoms with Gasteiger partial charge < -0.3 is 9.68 Å². The normalized spacial score (nSPS) is 29.6. The first-order valence-corrected chi connectivity index (χ1v) is 4.72. The first-order chi connectivity index (χ1) is 7.68. The van der Waals surface area contributed by atoms with Gasteiger partial charge >= 0.3 is 11.9 Å². The number of nitrogens with one attached hydrogen (secondary N) is 1. The summed E-state index contributed by atoms with van der Waals surface area (Å²) < 4.78 is 0. The van der Waals surface area contributed by atoms with Gasteiger partial charge in [0.2, 0.25) is 0 Å². The van der Waals surface area contributed by atoms with Crippen LogP contribution < -0.4 is 5.64 Å². The topological polar surface area (TPSA) is 81.7 Å². The van der Waals surface area contributed by atoms with Crippen molar-refractivity contribution in [2.45, 2.75) is 6.42 Å². The van der Waals surface area contributed by atoms with E-state index in [0.29, 0.717) is 0 Å². The standard InChI is InChI=1S/C10H9NO5/c12-8-4-2-1-3-6(8)7-5-9(13)15-11-16-10(7)14/h1-4,6-7,11H,5H2. The van der Waals surface area contributed by atoms with Crippen LogP contribution in [0.1, 0.15) is 6.42 Å². The van der Waals surface area contributed by atoms with Crippen LogP contribution in [0, 0.1) is 11.8 Å². The molecule has 1 N–H and O–H groups in total. The van der Waals surface area contributed by atoms with Gasteiger partial charge in [0.05, 0.1) is 18.3 Å². The van der Waals surface area contributed by atoms with E-state index >= 15 is 0 Å². The van der Waals surface area contributed by atoms with E-state index in [0.717, 1.165) is 0 Å². The first-order valence-electron chi connectivity index (χ1n) is 4.72. The molecule has 2 aliphatic rings. The number of carbonyl (C=O) groups excluding carboxylic acids is 3. The Bertz CT molecular complexity index is 398. The summed E-state index contributed by atoms with van der Waals surface area (Å²) in [7, 11) is 0. The second-order valence-electron chi connectivity index (χ2n) is 3.46. The third-order valence-electron chi connectivity index (χ3n) is 2.44. The Morgan fingerprint density at radius 1 is 1.19 bits per heavy atom. The molecule has 2 unspecified atom stereocenters. The molecule has 1 fully saturated rings. The quantitative estimate of drug-likeness (QED) is 0.664. The lowest BCUT2D eigenvalue weighted by Crippen LogP contribution is -2.31. The Hall–Kier alpha value is -1.95. The van der Waals surface area contributed by atoms with Crippen molar-refractivity contribution in [1.82, 2.24) is 5.64 Å². The molecule has 1 aliphatic carbocycles. The number of hydrogen-bond acceptors (Lipinski definition) is 6. The number of carbonyl (C=O) groups is 3. The lowest BCUT2D eigenvalue weighted by atomic mass is 9.84. The monoisotopic (exact) mass is 223 g/mol. The van der Waals surface area contributed by atoms with Gasteiger partial charge in [-0.05, 0) is 6.08 Å². The van der Waals surface area contributed by atoms with Gasteiger partial charge in [0.1, 0.15) is 0 Å². The van der Waals surface area contributed by atoms with Crippen LogP contribution in [0.3, 0.4) is 0 Å². The maximum atomic E-state index is 11.5. The Morgan fingerprint density at radius 3 is 2.75 bits per heavy atom. The number of hydrogen-bond donors (Lipinski definition) is 1. The summed E-state index contributed by atoms with van der Waals surface area (Å²) in [6, 6.07) is 0. The average Bonchev–Trinajstić information content (AvgIpc) is 2.42. The largest absolute Gasteiger partial charge is 0.335 e. The molecule has 6 nitrogen and oxygen atoms in total. The molecule has 0 radical (unpaired) electrons. The maximum Gasteiger partial charge on any atom is 0.333 e. The van der Waals surface area contributed by atoms with Gasteiger partial charge in [0.15, 0.2) is 5.78 Å². The highest BCUT2D eigenvalue weighted by atomic mass is 16.9. The van der Waals surface area contributed by atoms with E-state index in [4.69, 9.17) is 0 Å². The summed E-state index contributed by atoms with van der Waals surface area (Å²) in [5, 5.41) is 0. The van der Waals surface area contributed by atoms with Crippen molar-refractivity contribution in [3.8, 4) is 0 Å². The molecule has 84 valence electrons. The fourth-order valence-electron chi connectivity index (χ4n) is 1.63. The Morgan fingerprint density at radius 2 is 2.00 bits per heavy atom. The fourth-order valence-corrected chi connectivity index (χ4v) is 1.63. The summed E-state index contributed by atoms with van der Waals surface area (Å²) in [6.45, 7) is 0. The molecule has 0 bridgehead atoms. The predicted octanol–water partition coefficient (Wildman–Crippen LogP) is -0.176. The van der Waals surface area contributed by atoms with Crippen LogP contribution in [-0.4, -0.2) is 17.7 Å². The van der Waals surface area contributed by atoms with Crippen molar-refractivity contribution < 1.29 is 24.1 Å². The van der Waals surface area contributed by atoms with E-state index in [2.05, 4.69) is 9.68 Å². The number of allylic oxidation sites excluding steroid dienone is 4. The predicted molar refractivity (Wildman–Crippen MR) is 50.2 cm³/mol. The van der Waals surface area contributed by atoms with Gasteiger partial charge in [-0.15, -0.1) is 0 Å². The molecule has 0 amide bonds. The molecular weight excluding hydrogens is 214 g/mol. The van der Waals surface area contributed by atoms with E-state index in [1.807, 2.05) is 0 Å². The van der Waals surface area contributed by atoms with Crippen molar-refractivity contribution in [2.24, 2.45) is 11.8 Å². The zero-order valence-electron chi connectivity index (χ0n) is 8.21. The van der Waals surface area contributed by atoms with Gasteiger partial charge in [-0.2, -0.15) is 0 Å². The van der Waals surface area contributed by atoms with E-state index in [1.54, 1.807) is 23.9 Å². The van der Waals surface area contributed by atoms with Crippen molar-refractivity contribution in [1.29, 1.82) is 0 Å². The molecule has 1 saturated heterocycles. The third kappa shape index (κ3) is 2.01. The van der Waals surface area contributed by atoms with Crippen molar-refractivity contribution in [2.75, 3.05) is 0 Å². The fraction of sp³-hybridized carbons (Fsp3) is 0.300. The van der Waals surface area contributed by atoms with E-state index < -0.39 is 23.8 Å². The van der Waals surface area contributed by atoms with Gasteiger partial charge in [0.25, 0.3) is 0 Å². The molecule has 0 spiro atoms. The molecule has 0 saturated carbocycles. The van der Waals surface area contributed by atoms with E-state index in [9.17, 15) is 14.4 Å². The molecule has 0 aromatic carbocycles. The third-order valence-corrected chi connectivity index (χ3v) is 2.44. The van der Waals surface area contributed by atoms with Crippen LogP contribution >= 0.6 is 0 Å². The second-order valence-corrected chi connectivity index (χ2v) is 3.46. The highest BCUT2D eigenvalue weighted by Gasteiger charge is 2.37. The van der Waals surface area contributed by atoms with Gasteiger partial charge in [-0.1, -0.05) is 18.2 Å². The van der Waals surface area contributed by atoms with Crippen molar-refractivity contribution in [3.05, 3.63) is 24.3 Å². The summed E-state index contributed by atoms with van der Waals surface area (Å²) in [5.41, 5.74) is 1.78. The summed E-state index contributed by atoms with van der Waals surface area (Å²) >= 11 is 0. The lowest BCUT2D eigenvalue weighted by Gasteiger charge is -2.17. The van der Waals surface area contributed by atoms with Crippen LogP contribution in [0.2, 0.25) is 0 Å². The maximum absolute atomic E-state index is 11.5. The Kier molecular flexibility index (Phi) is 2.82. The van der Waals surface area contributed by atoms with Crippen LogP contribution in [0.25, 0.3) is 0 Å². The molecule has 2 atom stereocenters. The van der Waals surface area contributed by atoms with Gasteiger partial charge in [-0.3, -0.25) is 9.59 Å². The minimum atomic E-state index is -0.837. The molecular formula is C10H9NO5. The van der Waals surface area contributed by atoms with E-state index in [-0.39, 0.29) is 12.2 Å². The smallest absolute Gasteiger partial charge is 0.333 e. The summed E-state index contributed by atoms with van der Waals surface area (Å²) in [5.74, 6) is -3.03. The summed E-state index contributed by atoms with van der Waals surface area (Å²) in [4.78, 5) is 42.9. The van der Waals surface area contributed by atoms with Gasteiger partial charge in [0, 0.05) is 5.64 Å². The summed E-state index contributed by atoms with van der Waals surface area (Å²) in [6.07, 6.45) is 6.00. The number of ketones is 1. The lowest BCUT2D eigenvalue weighted by molar-refractivity contribution is -0.192. The van der Waals surface area contributed by atoms with Crippen molar-refractivity contribution in [3.63, 3.8) is 0 Å². The Balaban J connectivity index is 2.20. The molecule has 0 aromatic heterocycles. The highest BCUT2D eigenvalue weighted by molar-refractivity contribution is 5.98. The van der Waals surface area contributed by atoms with Gasteiger partial charge in [-0.25, -0.2) is 4.79 Å². The minimum Gasteiger partial charge on any atom is -0.335 e. The molecule has 1 heterocycles. The van der Waals surface area contributed by atoms with Crippen LogP contribution in [0.5, 0.6) is 0 Å². The SMILES string of the molecule is O=C1CC(C2C=CC=CC2=O)C(=O)ONO1. The van der Waals surface area contributed by atoms with E-state index in [1.165, 1.54) is 6.08 Å². The highest BCUT2D eigenvalue weighted by Crippen LogP contribution is 2.24. The molecule has 6 heteroatoms. The van der Waals surface area contributed by atoms with Crippen LogP contribution in [0.4, 0.5) is 0 Å². The van der Waals surface area contributed by atoms with Crippen LogP contribution in [0.15, 0.2) is 24.3 Å². The van der Waals surface area contributed by atoms with Crippen molar-refractivity contribution >= 4 is 17.7 Å². The Labute approximate surface area is 90.8 Å². The zero-order valence-corrected chi connectivity index (χ0v) is 8.21. The molecule has 2 rings (SSSR count).